The smallest absolute Gasteiger partial charge is 0.318 e. The number of benzene rings is 1. The Kier molecular flexibility index (Phi) is 5.50. The minimum atomic E-state index is -3.86. The predicted octanol–water partition coefficient (Wildman–Crippen LogP) is 1.26. The van der Waals surface area contributed by atoms with Gasteiger partial charge >= 0.3 is 5.97 Å². The van der Waals surface area contributed by atoms with E-state index in [1.165, 1.54) is 24.3 Å². The maximum Gasteiger partial charge on any atom is 0.318 e. The van der Waals surface area contributed by atoms with Crippen LogP contribution in [0.3, 0.4) is 0 Å². The molecule has 0 atom stereocenters. The van der Waals surface area contributed by atoms with Crippen LogP contribution >= 0.6 is 0 Å². The van der Waals surface area contributed by atoms with Crippen LogP contribution < -0.4 is 0 Å². The van der Waals surface area contributed by atoms with Crippen molar-refractivity contribution in [2.45, 2.75) is 11.8 Å². The Morgan fingerprint density at radius 3 is 2.50 bits per heavy atom. The van der Waals surface area contributed by atoms with Crippen LogP contribution in [-0.2, 0) is 14.8 Å². The number of hydrogen-bond acceptors (Lipinski definition) is 3. The average Bonchev–Trinajstić information content (AvgIpc) is 2.38. The van der Waals surface area contributed by atoms with Gasteiger partial charge in [0.15, 0.2) is 0 Å². The number of hydrogen-bond donors (Lipinski definition) is 1. The van der Waals surface area contributed by atoms with Crippen LogP contribution in [0.15, 0.2) is 41.3 Å². The Morgan fingerprint density at radius 2 is 2.00 bits per heavy atom. The molecule has 1 rings (SSSR count). The van der Waals surface area contributed by atoms with Crippen LogP contribution in [0, 0.1) is 19.3 Å². The molecule has 0 aromatic heterocycles. The molecule has 0 unspecified atom stereocenters. The maximum absolute atomic E-state index is 12.4. The monoisotopic (exact) mass is 293 g/mol. The van der Waals surface area contributed by atoms with Gasteiger partial charge in [0.2, 0.25) is 10.0 Å². The van der Waals surface area contributed by atoms with Crippen LogP contribution in [0.1, 0.15) is 5.56 Å². The third-order valence-electron chi connectivity index (χ3n) is 2.49. The molecule has 0 saturated carbocycles. The Hall–Kier alpha value is -2.10. The Bertz CT molecular complexity index is 639. The molecule has 0 aliphatic heterocycles. The van der Waals surface area contributed by atoms with E-state index in [1.807, 2.05) is 6.92 Å². The Labute approximate surface area is 118 Å². The zero-order valence-corrected chi connectivity index (χ0v) is 11.8. The van der Waals surface area contributed by atoms with Gasteiger partial charge in [-0.05, 0) is 25.1 Å². The number of carboxylic acid groups (broad SMARTS) is 1. The quantitative estimate of drug-likeness (QED) is 0.801. The number of carboxylic acids is 1. The van der Waals surface area contributed by atoms with Crippen molar-refractivity contribution in [3.8, 4) is 12.3 Å². The summed E-state index contributed by atoms with van der Waals surface area (Å²) in [5.74, 6) is 0.999. The van der Waals surface area contributed by atoms with Gasteiger partial charge in [0.05, 0.1) is 4.90 Å². The van der Waals surface area contributed by atoms with Crippen LogP contribution in [0.2, 0.25) is 0 Å². The number of terminal acetylenes is 1. The summed E-state index contributed by atoms with van der Waals surface area (Å²) < 4.78 is 25.6. The van der Waals surface area contributed by atoms with Gasteiger partial charge in [0.25, 0.3) is 0 Å². The number of aryl methyl sites for hydroxylation is 1. The topological polar surface area (TPSA) is 74.7 Å². The minimum absolute atomic E-state index is 0.0541. The minimum Gasteiger partial charge on any atom is -0.480 e. The van der Waals surface area contributed by atoms with Crippen LogP contribution in [0.5, 0.6) is 0 Å². The summed E-state index contributed by atoms with van der Waals surface area (Å²) in [7, 11) is -3.86. The molecule has 106 valence electrons. The van der Waals surface area contributed by atoms with Gasteiger partial charge in [-0.15, -0.1) is 6.42 Å². The van der Waals surface area contributed by atoms with Crippen LogP contribution in [0.25, 0.3) is 0 Å². The normalized spacial score (nSPS) is 11.7. The SMILES string of the molecule is C#C/C=C\CN(CC(=O)O)S(=O)(=O)c1ccc(C)cc1. The summed E-state index contributed by atoms with van der Waals surface area (Å²) in [6.45, 7) is 1.12. The summed E-state index contributed by atoms with van der Waals surface area (Å²) in [6.07, 6.45) is 7.79. The number of aliphatic carboxylic acids is 1. The fourth-order valence-electron chi connectivity index (χ4n) is 1.50. The van der Waals surface area contributed by atoms with E-state index in [2.05, 4.69) is 5.92 Å². The Balaban J connectivity index is 3.10. The highest BCUT2D eigenvalue weighted by molar-refractivity contribution is 7.89. The standard InChI is InChI=1S/C14H15NO4S/c1-3-4-5-10-15(11-14(16)17)20(18,19)13-8-6-12(2)7-9-13/h1,4-9H,10-11H2,2H3,(H,16,17)/b5-4-. The third-order valence-corrected chi connectivity index (χ3v) is 4.32. The lowest BCUT2D eigenvalue weighted by Gasteiger charge is -2.18. The van der Waals surface area contributed by atoms with Gasteiger partial charge in [0.1, 0.15) is 6.54 Å². The molecule has 1 aromatic rings. The molecule has 0 aliphatic rings. The Morgan fingerprint density at radius 1 is 1.40 bits per heavy atom. The maximum atomic E-state index is 12.4. The van der Waals surface area contributed by atoms with Crippen molar-refractivity contribution in [1.29, 1.82) is 0 Å². The first-order valence-corrected chi connectivity index (χ1v) is 7.21. The lowest BCUT2D eigenvalue weighted by atomic mass is 10.2. The predicted molar refractivity (Wildman–Crippen MR) is 75.5 cm³/mol. The van der Waals surface area contributed by atoms with Gasteiger partial charge in [-0.3, -0.25) is 4.79 Å². The second kappa shape index (κ2) is 6.89. The van der Waals surface area contributed by atoms with Gasteiger partial charge in [0, 0.05) is 6.54 Å². The highest BCUT2D eigenvalue weighted by Gasteiger charge is 2.25. The molecule has 20 heavy (non-hydrogen) atoms. The molecule has 0 heterocycles. The molecule has 0 spiro atoms. The van der Waals surface area contributed by atoms with E-state index in [0.717, 1.165) is 9.87 Å². The van der Waals surface area contributed by atoms with E-state index in [9.17, 15) is 13.2 Å². The van der Waals surface area contributed by atoms with Crippen molar-refractivity contribution in [2.24, 2.45) is 0 Å². The van der Waals surface area contributed by atoms with Gasteiger partial charge in [-0.2, -0.15) is 4.31 Å². The molecule has 5 nitrogen and oxygen atoms in total. The summed E-state index contributed by atoms with van der Waals surface area (Å²) in [5.41, 5.74) is 0.918. The van der Waals surface area contributed by atoms with Crippen LogP contribution in [-0.4, -0.2) is 36.9 Å². The highest BCUT2D eigenvalue weighted by Crippen LogP contribution is 2.16. The fourth-order valence-corrected chi connectivity index (χ4v) is 2.84. The van der Waals surface area contributed by atoms with Crippen molar-refractivity contribution < 1.29 is 18.3 Å². The molecular formula is C14H15NO4S. The first kappa shape index (κ1) is 16.0. The first-order chi connectivity index (χ1) is 9.37. The van der Waals surface area contributed by atoms with E-state index < -0.39 is 22.5 Å². The molecule has 1 N–H and O–H groups in total. The molecular weight excluding hydrogens is 278 g/mol. The molecule has 0 bridgehead atoms. The summed E-state index contributed by atoms with van der Waals surface area (Å²) in [4.78, 5) is 10.9. The summed E-state index contributed by atoms with van der Waals surface area (Å²) >= 11 is 0. The van der Waals surface area contributed by atoms with Gasteiger partial charge in [-0.25, -0.2) is 8.42 Å². The van der Waals surface area contributed by atoms with Gasteiger partial charge in [-0.1, -0.05) is 29.7 Å². The van der Waals surface area contributed by atoms with Crippen molar-refractivity contribution in [1.82, 2.24) is 4.31 Å². The second-order valence-corrected chi connectivity index (χ2v) is 6.01. The van der Waals surface area contributed by atoms with E-state index in [1.54, 1.807) is 12.1 Å². The van der Waals surface area contributed by atoms with Crippen molar-refractivity contribution >= 4 is 16.0 Å². The largest absolute Gasteiger partial charge is 0.480 e. The first-order valence-electron chi connectivity index (χ1n) is 5.77. The summed E-state index contributed by atoms with van der Waals surface area (Å²) in [6, 6.07) is 6.21. The fraction of sp³-hybridized carbons (Fsp3) is 0.214. The lowest BCUT2D eigenvalue weighted by molar-refractivity contribution is -0.137. The summed E-state index contributed by atoms with van der Waals surface area (Å²) in [5, 5.41) is 8.82. The third kappa shape index (κ3) is 4.23. The van der Waals surface area contributed by atoms with Crippen LogP contribution in [0.4, 0.5) is 0 Å². The molecule has 0 amide bonds. The zero-order valence-electron chi connectivity index (χ0n) is 11.0. The number of rotatable bonds is 6. The number of nitrogens with zero attached hydrogens (tertiary/aromatic N) is 1. The highest BCUT2D eigenvalue weighted by atomic mass is 32.2. The molecule has 0 aliphatic carbocycles. The lowest BCUT2D eigenvalue weighted by Crippen LogP contribution is -2.35. The molecule has 1 aromatic carbocycles. The molecule has 0 saturated heterocycles. The number of carbonyl (C=O) groups is 1. The zero-order chi connectivity index (χ0) is 15.2. The molecule has 0 fully saturated rings. The van der Waals surface area contributed by atoms with Crippen molar-refractivity contribution in [3.05, 3.63) is 42.0 Å². The molecule has 6 heteroatoms. The second-order valence-electron chi connectivity index (χ2n) is 4.07. The van der Waals surface area contributed by atoms with Gasteiger partial charge < -0.3 is 5.11 Å². The van der Waals surface area contributed by atoms with Crippen molar-refractivity contribution in [2.75, 3.05) is 13.1 Å². The van der Waals surface area contributed by atoms with Crippen molar-refractivity contribution in [3.63, 3.8) is 0 Å². The van der Waals surface area contributed by atoms with E-state index in [-0.39, 0.29) is 11.4 Å². The molecule has 0 radical (unpaired) electrons. The van der Waals surface area contributed by atoms with E-state index >= 15 is 0 Å². The van der Waals surface area contributed by atoms with E-state index in [4.69, 9.17) is 11.5 Å². The average molecular weight is 293 g/mol. The number of allylic oxidation sites excluding steroid dienone is 1. The van der Waals surface area contributed by atoms with E-state index in [0.29, 0.717) is 0 Å². The number of sulfonamides is 1.